The third-order valence-corrected chi connectivity index (χ3v) is 6.10. The number of carbonyl (C=O) groups excluding carboxylic acids is 1. The molecular formula is C27H26N4O2. The third kappa shape index (κ3) is 4.12. The zero-order valence-corrected chi connectivity index (χ0v) is 18.6. The van der Waals surface area contributed by atoms with Crippen LogP contribution in [0, 0.1) is 6.92 Å². The second-order valence-corrected chi connectivity index (χ2v) is 8.35. The Morgan fingerprint density at radius 3 is 2.88 bits per heavy atom. The van der Waals surface area contributed by atoms with Crippen LogP contribution < -0.4 is 4.74 Å². The van der Waals surface area contributed by atoms with E-state index in [1.54, 1.807) is 6.20 Å². The van der Waals surface area contributed by atoms with E-state index < -0.39 is 0 Å². The van der Waals surface area contributed by atoms with E-state index in [4.69, 9.17) is 9.72 Å². The molecule has 5 rings (SSSR count). The number of benzene rings is 2. The van der Waals surface area contributed by atoms with Crippen LogP contribution in [0.2, 0.25) is 0 Å². The quantitative estimate of drug-likeness (QED) is 0.392. The van der Waals surface area contributed by atoms with E-state index in [1.807, 2.05) is 35.5 Å². The van der Waals surface area contributed by atoms with Crippen molar-refractivity contribution in [2.75, 3.05) is 6.54 Å². The van der Waals surface area contributed by atoms with Crippen molar-refractivity contribution in [1.82, 2.24) is 19.3 Å². The highest BCUT2D eigenvalue weighted by Gasteiger charge is 2.32. The molecule has 1 atom stereocenters. The summed E-state index contributed by atoms with van der Waals surface area (Å²) in [5.74, 6) is 1.68. The molecular weight excluding hydrogens is 412 g/mol. The molecule has 6 nitrogen and oxygen atoms in total. The van der Waals surface area contributed by atoms with Crippen molar-refractivity contribution < 1.29 is 9.53 Å². The summed E-state index contributed by atoms with van der Waals surface area (Å²) in [7, 11) is 0. The summed E-state index contributed by atoms with van der Waals surface area (Å²) in [6.45, 7) is 6.93. The van der Waals surface area contributed by atoms with Gasteiger partial charge in [-0.05, 0) is 49.1 Å². The van der Waals surface area contributed by atoms with E-state index in [0.29, 0.717) is 6.61 Å². The fraction of sp³-hybridized carbons (Fsp3) is 0.222. The summed E-state index contributed by atoms with van der Waals surface area (Å²) in [5.41, 5.74) is 5.05. The number of rotatable bonds is 6. The van der Waals surface area contributed by atoms with Gasteiger partial charge in [-0.15, -0.1) is 0 Å². The summed E-state index contributed by atoms with van der Waals surface area (Å²) in [6, 6.07) is 16.2. The average molecular weight is 439 g/mol. The fourth-order valence-corrected chi connectivity index (χ4v) is 4.46. The monoisotopic (exact) mass is 438 g/mol. The van der Waals surface area contributed by atoms with Crippen molar-refractivity contribution in [1.29, 1.82) is 0 Å². The molecule has 0 spiro atoms. The lowest BCUT2D eigenvalue weighted by Gasteiger charge is -2.22. The molecule has 0 saturated carbocycles. The van der Waals surface area contributed by atoms with Crippen molar-refractivity contribution in [2.45, 2.75) is 32.4 Å². The van der Waals surface area contributed by atoms with Crippen LogP contribution in [0.4, 0.5) is 0 Å². The zero-order chi connectivity index (χ0) is 22.8. The van der Waals surface area contributed by atoms with Crippen LogP contribution in [-0.2, 0) is 11.4 Å². The van der Waals surface area contributed by atoms with E-state index in [2.05, 4.69) is 53.2 Å². The molecule has 0 aliphatic carbocycles. The van der Waals surface area contributed by atoms with Gasteiger partial charge in [-0.1, -0.05) is 43.0 Å². The van der Waals surface area contributed by atoms with Gasteiger partial charge in [0.15, 0.2) is 0 Å². The predicted octanol–water partition coefficient (Wildman–Crippen LogP) is 5.13. The molecule has 0 unspecified atom stereocenters. The maximum atomic E-state index is 12.4. The molecule has 1 aliphatic heterocycles. The van der Waals surface area contributed by atoms with Gasteiger partial charge >= 0.3 is 0 Å². The van der Waals surface area contributed by atoms with Crippen LogP contribution in [0.15, 0.2) is 79.8 Å². The number of likely N-dealkylation sites (tertiary alicyclic amines) is 1. The second kappa shape index (κ2) is 8.90. The first-order chi connectivity index (χ1) is 16.1. The number of amides is 1. The van der Waals surface area contributed by atoms with Crippen LogP contribution in [-0.4, -0.2) is 31.7 Å². The Morgan fingerprint density at radius 1 is 1.24 bits per heavy atom. The van der Waals surface area contributed by atoms with Crippen molar-refractivity contribution in [3.63, 3.8) is 0 Å². The second-order valence-electron chi connectivity index (χ2n) is 8.35. The van der Waals surface area contributed by atoms with Gasteiger partial charge in [0.05, 0.1) is 23.4 Å². The highest BCUT2D eigenvalue weighted by molar-refractivity contribution is 5.87. The van der Waals surface area contributed by atoms with Gasteiger partial charge in [0.25, 0.3) is 0 Å². The molecule has 0 bridgehead atoms. The molecule has 1 amide bonds. The van der Waals surface area contributed by atoms with Crippen LogP contribution in [0.3, 0.4) is 0 Å². The lowest BCUT2D eigenvalue weighted by atomic mass is 10.1. The minimum Gasteiger partial charge on any atom is -0.489 e. The maximum absolute atomic E-state index is 12.4. The van der Waals surface area contributed by atoms with Crippen LogP contribution in [0.25, 0.3) is 16.8 Å². The smallest absolute Gasteiger partial charge is 0.246 e. The van der Waals surface area contributed by atoms with Gasteiger partial charge in [-0.25, -0.2) is 4.98 Å². The van der Waals surface area contributed by atoms with Gasteiger partial charge in [0.2, 0.25) is 5.91 Å². The Morgan fingerprint density at radius 2 is 2.09 bits per heavy atom. The molecule has 0 N–H and O–H groups in total. The standard InChI is InChI=1S/C27H26N4O2/c1-3-25(32)30-14-5-8-23(30)27-29-26(24-17-28-13-15-31(24)27)21-11-9-20(10-12-21)18-33-22-7-4-6-19(2)16-22/h3-4,6-7,9-13,15-17,23H,1,5,8,14,18H2,2H3/t23-/m0/s1. The van der Waals surface area contributed by atoms with Crippen LogP contribution in [0.1, 0.15) is 35.8 Å². The molecule has 33 heavy (non-hydrogen) atoms. The summed E-state index contributed by atoms with van der Waals surface area (Å²) < 4.78 is 7.98. The highest BCUT2D eigenvalue weighted by Crippen LogP contribution is 2.35. The molecule has 2 aromatic heterocycles. The van der Waals surface area contributed by atoms with Crippen molar-refractivity contribution in [2.24, 2.45) is 0 Å². The first-order valence-corrected chi connectivity index (χ1v) is 11.2. The SMILES string of the molecule is C=CC(=O)N1CCC[C@H]1c1nc(-c2ccc(COc3cccc(C)c3)cc2)c2cnccn12. The Kier molecular flexibility index (Phi) is 5.65. The summed E-state index contributed by atoms with van der Waals surface area (Å²) in [4.78, 5) is 23.6. The first-order valence-electron chi connectivity index (χ1n) is 11.2. The first kappa shape index (κ1) is 20.9. The zero-order valence-electron chi connectivity index (χ0n) is 18.6. The van der Waals surface area contributed by atoms with Crippen molar-refractivity contribution in [3.8, 4) is 17.0 Å². The topological polar surface area (TPSA) is 59.7 Å². The average Bonchev–Trinajstić information content (AvgIpc) is 3.48. The van der Waals surface area contributed by atoms with Crippen LogP contribution >= 0.6 is 0 Å². The normalized spacial score (nSPS) is 15.7. The minimum atomic E-state index is -0.0684. The Bertz CT molecular complexity index is 1310. The van der Waals surface area contributed by atoms with E-state index in [9.17, 15) is 4.79 Å². The third-order valence-electron chi connectivity index (χ3n) is 6.10. The number of aromatic nitrogens is 3. The maximum Gasteiger partial charge on any atom is 0.246 e. The molecule has 2 aromatic carbocycles. The number of nitrogens with zero attached hydrogens (tertiary/aromatic N) is 4. The lowest BCUT2D eigenvalue weighted by molar-refractivity contribution is -0.127. The number of aryl methyl sites for hydroxylation is 1. The van der Waals surface area contributed by atoms with Gasteiger partial charge in [0.1, 0.15) is 18.2 Å². The number of hydrogen-bond acceptors (Lipinski definition) is 4. The van der Waals surface area contributed by atoms with E-state index in [-0.39, 0.29) is 11.9 Å². The van der Waals surface area contributed by atoms with Gasteiger partial charge < -0.3 is 9.64 Å². The summed E-state index contributed by atoms with van der Waals surface area (Å²) in [5, 5.41) is 0. The van der Waals surface area contributed by atoms with E-state index in [0.717, 1.165) is 53.3 Å². The van der Waals surface area contributed by atoms with Gasteiger partial charge in [-0.3, -0.25) is 14.2 Å². The minimum absolute atomic E-state index is 0.0529. The molecule has 0 radical (unpaired) electrons. The number of fused-ring (bicyclic) bond motifs is 1. The number of carbonyl (C=O) groups is 1. The predicted molar refractivity (Wildman–Crippen MR) is 128 cm³/mol. The largest absolute Gasteiger partial charge is 0.489 e. The van der Waals surface area contributed by atoms with Crippen molar-refractivity contribution in [3.05, 3.63) is 96.7 Å². The van der Waals surface area contributed by atoms with E-state index >= 15 is 0 Å². The highest BCUT2D eigenvalue weighted by atomic mass is 16.5. The molecule has 6 heteroatoms. The Hall–Kier alpha value is -3.93. The summed E-state index contributed by atoms with van der Waals surface area (Å²) >= 11 is 0. The fourth-order valence-electron chi connectivity index (χ4n) is 4.46. The molecule has 4 aromatic rings. The number of ether oxygens (including phenoxy) is 1. The molecule has 1 aliphatic rings. The van der Waals surface area contributed by atoms with Crippen LogP contribution in [0.5, 0.6) is 5.75 Å². The molecule has 1 fully saturated rings. The molecule has 166 valence electrons. The number of hydrogen-bond donors (Lipinski definition) is 0. The number of imidazole rings is 1. The molecule has 1 saturated heterocycles. The molecule has 3 heterocycles. The Labute approximate surface area is 193 Å². The Balaban J connectivity index is 1.43. The lowest BCUT2D eigenvalue weighted by Crippen LogP contribution is -2.29. The van der Waals surface area contributed by atoms with E-state index in [1.165, 1.54) is 11.6 Å². The summed E-state index contributed by atoms with van der Waals surface area (Å²) in [6.07, 6.45) is 8.72. The van der Waals surface area contributed by atoms with Crippen molar-refractivity contribution >= 4 is 11.4 Å². The van der Waals surface area contributed by atoms with Gasteiger partial charge in [0, 0.05) is 24.5 Å². The van der Waals surface area contributed by atoms with Gasteiger partial charge in [-0.2, -0.15) is 0 Å².